The van der Waals surface area contributed by atoms with Crippen molar-refractivity contribution >= 4 is 28.3 Å². The quantitative estimate of drug-likeness (QED) is 0.729. The summed E-state index contributed by atoms with van der Waals surface area (Å²) in [6.45, 7) is 1.84. The average Bonchev–Trinajstić information content (AvgIpc) is 2.25. The Morgan fingerprint density at radius 2 is 2.07 bits per heavy atom. The maximum absolute atomic E-state index is 5.34. The van der Waals surface area contributed by atoms with Crippen LogP contribution in [0.3, 0.4) is 0 Å². The summed E-state index contributed by atoms with van der Waals surface area (Å²) in [6.07, 6.45) is 0. The molecule has 1 aromatic rings. The van der Waals surface area contributed by atoms with Crippen LogP contribution in [-0.4, -0.2) is 33.7 Å². The van der Waals surface area contributed by atoms with Crippen LogP contribution in [0.4, 0.5) is 0 Å². The third-order valence-corrected chi connectivity index (χ3v) is 3.98. The fourth-order valence-corrected chi connectivity index (χ4v) is 2.56. The summed E-state index contributed by atoms with van der Waals surface area (Å²) in [7, 11) is 2.12. The Hall–Kier alpha value is -0.580. The molecule has 2 rings (SSSR count). The zero-order chi connectivity index (χ0) is 10.7. The third kappa shape index (κ3) is 2.93. The maximum atomic E-state index is 5.34. The van der Waals surface area contributed by atoms with Gasteiger partial charge in [-0.1, -0.05) is 54.3 Å². The first-order chi connectivity index (χ1) is 7.25. The predicted octanol–water partition coefficient (Wildman–Crippen LogP) is 2.37. The van der Waals surface area contributed by atoms with Gasteiger partial charge < -0.3 is 4.90 Å². The first kappa shape index (κ1) is 10.9. The predicted molar refractivity (Wildman–Crippen MR) is 69.7 cm³/mol. The van der Waals surface area contributed by atoms with Gasteiger partial charge in [0.25, 0.3) is 0 Å². The summed E-state index contributed by atoms with van der Waals surface area (Å²) in [5.41, 5.74) is 1.32. The first-order valence-corrected chi connectivity index (χ1v) is 6.29. The Morgan fingerprint density at radius 3 is 2.80 bits per heavy atom. The number of nitrogens with zero attached hydrogens (tertiary/aromatic N) is 2. The van der Waals surface area contributed by atoms with Crippen LogP contribution in [0.2, 0.25) is 0 Å². The standard InChI is InChI=1S/C11H14N2S2/c1-12-8-13(11(14)15-9-12)7-10-5-3-2-4-6-10/h2-6H,7-9H2,1H3. The van der Waals surface area contributed by atoms with Crippen molar-refractivity contribution in [3.05, 3.63) is 35.9 Å². The van der Waals surface area contributed by atoms with Gasteiger partial charge in [-0.25, -0.2) is 0 Å². The first-order valence-electron chi connectivity index (χ1n) is 4.90. The Kier molecular flexibility index (Phi) is 3.61. The molecule has 4 heteroatoms. The van der Waals surface area contributed by atoms with Crippen LogP contribution in [0, 0.1) is 0 Å². The lowest BCUT2D eigenvalue weighted by atomic mass is 10.2. The molecule has 0 amide bonds. The summed E-state index contributed by atoms with van der Waals surface area (Å²) in [6, 6.07) is 10.5. The van der Waals surface area contributed by atoms with E-state index >= 15 is 0 Å². The van der Waals surface area contributed by atoms with Gasteiger partial charge >= 0.3 is 0 Å². The highest BCUT2D eigenvalue weighted by atomic mass is 32.2. The molecule has 0 atom stereocenters. The summed E-state index contributed by atoms with van der Waals surface area (Å²) in [5.74, 6) is 1.00. The van der Waals surface area contributed by atoms with E-state index in [4.69, 9.17) is 12.2 Å². The lowest BCUT2D eigenvalue weighted by molar-refractivity contribution is 0.244. The van der Waals surface area contributed by atoms with Gasteiger partial charge in [-0.2, -0.15) is 0 Å². The number of thiocarbonyl (C=S) groups is 1. The Labute approximate surface area is 100 Å². The van der Waals surface area contributed by atoms with Crippen LogP contribution < -0.4 is 0 Å². The van der Waals surface area contributed by atoms with Gasteiger partial charge in [0.2, 0.25) is 0 Å². The number of benzene rings is 1. The molecule has 0 unspecified atom stereocenters. The van der Waals surface area contributed by atoms with Crippen LogP contribution in [-0.2, 0) is 6.54 Å². The second kappa shape index (κ2) is 4.96. The van der Waals surface area contributed by atoms with Gasteiger partial charge in [0.05, 0.1) is 12.5 Å². The summed E-state index contributed by atoms with van der Waals surface area (Å²) >= 11 is 7.08. The van der Waals surface area contributed by atoms with Crippen molar-refractivity contribution in [3.63, 3.8) is 0 Å². The van der Waals surface area contributed by atoms with Crippen LogP contribution in [0.15, 0.2) is 30.3 Å². The maximum Gasteiger partial charge on any atom is 0.138 e. The SMILES string of the molecule is CN1CSC(=S)N(Cc2ccccc2)C1. The van der Waals surface area contributed by atoms with E-state index in [1.165, 1.54) is 5.56 Å². The van der Waals surface area contributed by atoms with Crippen molar-refractivity contribution in [2.75, 3.05) is 19.6 Å². The molecule has 15 heavy (non-hydrogen) atoms. The smallest absolute Gasteiger partial charge is 0.138 e. The molecule has 0 saturated carbocycles. The molecule has 1 fully saturated rings. The van der Waals surface area contributed by atoms with Gasteiger partial charge in [-0.05, 0) is 12.6 Å². The molecule has 0 aliphatic carbocycles. The van der Waals surface area contributed by atoms with Gasteiger partial charge in [0.15, 0.2) is 0 Å². The van der Waals surface area contributed by atoms with Crippen molar-refractivity contribution in [2.24, 2.45) is 0 Å². The van der Waals surface area contributed by atoms with Gasteiger partial charge in [-0.15, -0.1) is 0 Å². The Bertz CT molecular complexity index is 340. The lowest BCUT2D eigenvalue weighted by Gasteiger charge is -2.34. The molecular formula is C11H14N2S2. The molecule has 1 heterocycles. The van der Waals surface area contributed by atoms with Crippen molar-refractivity contribution in [2.45, 2.75) is 6.54 Å². The molecule has 80 valence electrons. The molecule has 1 aromatic carbocycles. The third-order valence-electron chi connectivity index (χ3n) is 2.30. The molecule has 0 bridgehead atoms. The van der Waals surface area contributed by atoms with E-state index in [0.717, 1.165) is 23.4 Å². The minimum atomic E-state index is 0.914. The summed E-state index contributed by atoms with van der Waals surface area (Å²) in [5, 5.41) is 0. The normalized spacial score (nSPS) is 18.2. The monoisotopic (exact) mass is 238 g/mol. The number of rotatable bonds is 2. The summed E-state index contributed by atoms with van der Waals surface area (Å²) in [4.78, 5) is 4.50. The number of hydrogen-bond acceptors (Lipinski definition) is 3. The van der Waals surface area contributed by atoms with E-state index < -0.39 is 0 Å². The molecule has 1 aliphatic heterocycles. The Balaban J connectivity index is 2.01. The van der Waals surface area contributed by atoms with Crippen LogP contribution in [0.5, 0.6) is 0 Å². The number of hydrogen-bond donors (Lipinski definition) is 0. The van der Waals surface area contributed by atoms with Gasteiger partial charge in [0.1, 0.15) is 4.32 Å². The van der Waals surface area contributed by atoms with Crippen molar-refractivity contribution in [1.29, 1.82) is 0 Å². The highest BCUT2D eigenvalue weighted by Crippen LogP contribution is 2.19. The highest BCUT2D eigenvalue weighted by molar-refractivity contribution is 8.22. The average molecular weight is 238 g/mol. The highest BCUT2D eigenvalue weighted by Gasteiger charge is 2.18. The Morgan fingerprint density at radius 1 is 1.33 bits per heavy atom. The molecular weight excluding hydrogens is 224 g/mol. The zero-order valence-corrected chi connectivity index (χ0v) is 10.4. The molecule has 0 aromatic heterocycles. The van der Waals surface area contributed by atoms with Gasteiger partial charge in [0, 0.05) is 6.54 Å². The molecule has 2 nitrogen and oxygen atoms in total. The largest absolute Gasteiger partial charge is 0.340 e. The topological polar surface area (TPSA) is 6.48 Å². The van der Waals surface area contributed by atoms with Crippen molar-refractivity contribution < 1.29 is 0 Å². The number of thioether (sulfide) groups is 1. The zero-order valence-electron chi connectivity index (χ0n) is 8.72. The van der Waals surface area contributed by atoms with E-state index in [1.54, 1.807) is 11.8 Å². The van der Waals surface area contributed by atoms with Gasteiger partial charge in [-0.3, -0.25) is 4.90 Å². The minimum Gasteiger partial charge on any atom is -0.340 e. The molecule has 0 spiro atoms. The molecule has 1 saturated heterocycles. The van der Waals surface area contributed by atoms with Crippen LogP contribution in [0.25, 0.3) is 0 Å². The lowest BCUT2D eigenvalue weighted by Crippen LogP contribution is -2.42. The van der Waals surface area contributed by atoms with E-state index in [-0.39, 0.29) is 0 Å². The van der Waals surface area contributed by atoms with E-state index in [1.807, 2.05) is 6.07 Å². The van der Waals surface area contributed by atoms with E-state index in [0.29, 0.717) is 0 Å². The molecule has 0 radical (unpaired) electrons. The fraction of sp³-hybridized carbons (Fsp3) is 0.364. The van der Waals surface area contributed by atoms with Crippen LogP contribution >= 0.6 is 24.0 Å². The van der Waals surface area contributed by atoms with Crippen LogP contribution in [0.1, 0.15) is 5.56 Å². The van der Waals surface area contributed by atoms with Crippen molar-refractivity contribution in [3.8, 4) is 0 Å². The second-order valence-corrected chi connectivity index (χ2v) is 5.30. The van der Waals surface area contributed by atoms with E-state index in [2.05, 4.69) is 41.1 Å². The fourth-order valence-electron chi connectivity index (χ4n) is 1.57. The summed E-state index contributed by atoms with van der Waals surface area (Å²) < 4.78 is 1.01. The van der Waals surface area contributed by atoms with E-state index in [9.17, 15) is 0 Å². The molecule has 0 N–H and O–H groups in total. The molecule has 1 aliphatic rings. The second-order valence-electron chi connectivity index (χ2n) is 3.72. The van der Waals surface area contributed by atoms with Crippen molar-refractivity contribution in [1.82, 2.24) is 9.80 Å². The minimum absolute atomic E-state index is 0.914.